The molecule has 0 spiro atoms. The smallest absolute Gasteiger partial charge is 0.254 e. The van der Waals surface area contributed by atoms with Gasteiger partial charge in [-0.2, -0.15) is 5.10 Å². The Hall–Kier alpha value is -2.02. The number of benzene rings is 1. The van der Waals surface area contributed by atoms with Gasteiger partial charge in [0.25, 0.3) is 5.91 Å². The molecule has 1 amide bonds. The quantitative estimate of drug-likeness (QED) is 0.642. The van der Waals surface area contributed by atoms with E-state index in [2.05, 4.69) is 21.0 Å². The Labute approximate surface area is 163 Å². The number of amides is 1. The molecule has 0 radical (unpaired) electrons. The maximum absolute atomic E-state index is 13.1. The summed E-state index contributed by atoms with van der Waals surface area (Å²) in [4.78, 5) is 14.9. The maximum Gasteiger partial charge on any atom is 0.254 e. The molecule has 1 aromatic heterocycles. The fraction of sp³-hybridized carbons (Fsp3) is 0.474. The van der Waals surface area contributed by atoms with Gasteiger partial charge in [-0.15, -0.1) is 0 Å². The molecule has 0 saturated heterocycles. The van der Waals surface area contributed by atoms with Crippen molar-refractivity contribution >= 4 is 21.8 Å². The zero-order valence-electron chi connectivity index (χ0n) is 16.0. The number of methoxy groups -OCH3 is 1. The summed E-state index contributed by atoms with van der Waals surface area (Å²) in [6.07, 6.45) is 4.59. The molecule has 1 heterocycles. The van der Waals surface area contributed by atoms with Crippen molar-refractivity contribution in [3.63, 3.8) is 0 Å². The molecular weight excluding hydrogens is 398 g/mol. The van der Waals surface area contributed by atoms with Gasteiger partial charge in [0.15, 0.2) is 11.5 Å². The van der Waals surface area contributed by atoms with Gasteiger partial charge < -0.3 is 14.4 Å². The molecule has 1 aromatic carbocycles. The van der Waals surface area contributed by atoms with Gasteiger partial charge in [0, 0.05) is 37.0 Å². The summed E-state index contributed by atoms with van der Waals surface area (Å²) in [6.45, 7) is 7.12. The minimum atomic E-state index is -0.0649. The van der Waals surface area contributed by atoms with Crippen LogP contribution in [0.2, 0.25) is 0 Å². The highest BCUT2D eigenvalue weighted by atomic mass is 79.9. The number of ether oxygens (including phenoxy) is 2. The number of nitrogens with zero attached hydrogens (tertiary/aromatic N) is 3. The summed E-state index contributed by atoms with van der Waals surface area (Å²) in [5.74, 6) is 1.10. The minimum Gasteiger partial charge on any atom is -0.493 e. The second-order valence-corrected chi connectivity index (χ2v) is 7.24. The first-order chi connectivity index (χ1) is 12.4. The fourth-order valence-electron chi connectivity index (χ4n) is 2.59. The van der Waals surface area contributed by atoms with Crippen molar-refractivity contribution in [3.05, 3.63) is 40.1 Å². The molecular formula is C19H26BrN3O3. The second-order valence-electron chi connectivity index (χ2n) is 6.39. The number of hydrogen-bond acceptors (Lipinski definition) is 4. The van der Waals surface area contributed by atoms with Crippen LogP contribution in [0.5, 0.6) is 11.5 Å². The Morgan fingerprint density at radius 1 is 1.38 bits per heavy atom. The summed E-state index contributed by atoms with van der Waals surface area (Å²) in [5.41, 5.74) is 1.54. The van der Waals surface area contributed by atoms with Crippen molar-refractivity contribution in [1.29, 1.82) is 0 Å². The van der Waals surface area contributed by atoms with Crippen LogP contribution in [0.25, 0.3) is 0 Å². The van der Waals surface area contributed by atoms with Crippen molar-refractivity contribution in [2.45, 2.75) is 39.8 Å². The lowest BCUT2D eigenvalue weighted by molar-refractivity contribution is 0.0689. The summed E-state index contributed by atoms with van der Waals surface area (Å²) in [5, 5.41) is 4.18. The molecule has 0 atom stereocenters. The van der Waals surface area contributed by atoms with Gasteiger partial charge in [-0.25, -0.2) is 0 Å². The van der Waals surface area contributed by atoms with Gasteiger partial charge in [0.1, 0.15) is 0 Å². The highest BCUT2D eigenvalue weighted by Gasteiger charge is 2.23. The molecule has 0 saturated carbocycles. The van der Waals surface area contributed by atoms with Crippen LogP contribution in [0, 0.1) is 0 Å². The summed E-state index contributed by atoms with van der Waals surface area (Å²) in [6, 6.07) is 3.56. The Morgan fingerprint density at radius 2 is 2.12 bits per heavy atom. The third-order valence-electron chi connectivity index (χ3n) is 3.92. The standard InChI is InChI=1S/C19H26BrN3O3/c1-6-7-26-18-16(20)8-15(9-17(18)25-5)19(24)23(13(2)3)12-14-10-21-22(4)11-14/h8-11,13H,6-7,12H2,1-5H3. The van der Waals surface area contributed by atoms with Crippen molar-refractivity contribution in [3.8, 4) is 11.5 Å². The molecule has 0 bridgehead atoms. The van der Waals surface area contributed by atoms with Gasteiger partial charge in [-0.05, 0) is 48.3 Å². The molecule has 0 fully saturated rings. The second kappa shape index (κ2) is 9.07. The number of aryl methyl sites for hydroxylation is 1. The monoisotopic (exact) mass is 423 g/mol. The van der Waals surface area contributed by atoms with Crippen molar-refractivity contribution < 1.29 is 14.3 Å². The van der Waals surface area contributed by atoms with Gasteiger partial charge in [-0.1, -0.05) is 6.92 Å². The molecule has 0 N–H and O–H groups in total. The molecule has 0 aliphatic carbocycles. The molecule has 26 heavy (non-hydrogen) atoms. The van der Waals surface area contributed by atoms with Crippen LogP contribution in [0.1, 0.15) is 43.1 Å². The topological polar surface area (TPSA) is 56.6 Å². The third-order valence-corrected chi connectivity index (χ3v) is 4.51. The van der Waals surface area contributed by atoms with Crippen LogP contribution < -0.4 is 9.47 Å². The van der Waals surface area contributed by atoms with Crippen LogP contribution in [-0.4, -0.2) is 40.3 Å². The van der Waals surface area contributed by atoms with Crippen molar-refractivity contribution in [1.82, 2.24) is 14.7 Å². The van der Waals surface area contributed by atoms with Crippen LogP contribution >= 0.6 is 15.9 Å². The number of rotatable bonds is 8. The average molecular weight is 424 g/mol. The first-order valence-corrected chi connectivity index (χ1v) is 9.45. The lowest BCUT2D eigenvalue weighted by Gasteiger charge is -2.27. The van der Waals surface area contributed by atoms with E-state index in [0.29, 0.717) is 34.7 Å². The number of hydrogen-bond donors (Lipinski definition) is 0. The highest BCUT2D eigenvalue weighted by molar-refractivity contribution is 9.10. The molecule has 2 aromatic rings. The summed E-state index contributed by atoms with van der Waals surface area (Å²) < 4.78 is 13.6. The van der Waals surface area contributed by atoms with Gasteiger partial charge >= 0.3 is 0 Å². The van der Waals surface area contributed by atoms with Crippen molar-refractivity contribution in [2.24, 2.45) is 7.05 Å². The molecule has 142 valence electrons. The predicted octanol–water partition coefficient (Wildman–Crippen LogP) is 4.03. The predicted molar refractivity (Wildman–Crippen MR) is 105 cm³/mol. The third kappa shape index (κ3) is 4.78. The highest BCUT2D eigenvalue weighted by Crippen LogP contribution is 2.37. The van der Waals surface area contributed by atoms with Crippen LogP contribution in [0.4, 0.5) is 0 Å². The lowest BCUT2D eigenvalue weighted by atomic mass is 10.1. The maximum atomic E-state index is 13.1. The van der Waals surface area contributed by atoms with E-state index in [4.69, 9.17) is 9.47 Å². The zero-order chi connectivity index (χ0) is 19.3. The normalized spacial score (nSPS) is 10.9. The van der Waals surface area contributed by atoms with Crippen LogP contribution in [0.3, 0.4) is 0 Å². The fourth-order valence-corrected chi connectivity index (χ4v) is 3.15. The Kier molecular flexibility index (Phi) is 7.08. The summed E-state index contributed by atoms with van der Waals surface area (Å²) >= 11 is 3.50. The zero-order valence-corrected chi connectivity index (χ0v) is 17.5. The number of halogens is 1. The first-order valence-electron chi connectivity index (χ1n) is 8.66. The Balaban J connectivity index is 2.31. The lowest BCUT2D eigenvalue weighted by Crippen LogP contribution is -2.36. The van der Waals surface area contributed by atoms with E-state index in [1.807, 2.05) is 38.9 Å². The van der Waals surface area contributed by atoms with Crippen LogP contribution in [-0.2, 0) is 13.6 Å². The van der Waals surface area contributed by atoms with E-state index in [9.17, 15) is 4.79 Å². The minimum absolute atomic E-state index is 0.0449. The van der Waals surface area contributed by atoms with Crippen LogP contribution in [0.15, 0.2) is 29.0 Å². The molecule has 2 rings (SSSR count). The Morgan fingerprint density at radius 3 is 2.65 bits per heavy atom. The van der Waals surface area contributed by atoms with E-state index in [1.54, 1.807) is 30.1 Å². The average Bonchev–Trinajstić information content (AvgIpc) is 3.02. The first kappa shape index (κ1) is 20.3. The number of carbonyl (C=O) groups excluding carboxylic acids is 1. The number of carbonyl (C=O) groups is 1. The molecule has 6 nitrogen and oxygen atoms in total. The number of aromatic nitrogens is 2. The molecule has 0 aliphatic rings. The van der Waals surface area contributed by atoms with Gasteiger partial charge in [0.2, 0.25) is 0 Å². The molecule has 7 heteroatoms. The van der Waals surface area contributed by atoms with E-state index in [1.165, 1.54) is 0 Å². The van der Waals surface area contributed by atoms with Crippen molar-refractivity contribution in [2.75, 3.05) is 13.7 Å². The summed E-state index contributed by atoms with van der Waals surface area (Å²) in [7, 11) is 3.44. The SMILES string of the molecule is CCCOc1c(Br)cc(C(=O)N(Cc2cnn(C)c2)C(C)C)cc1OC. The molecule has 0 unspecified atom stereocenters. The Bertz CT molecular complexity index is 758. The molecule has 0 aliphatic heterocycles. The van der Waals surface area contributed by atoms with E-state index < -0.39 is 0 Å². The van der Waals surface area contributed by atoms with E-state index in [-0.39, 0.29) is 11.9 Å². The van der Waals surface area contributed by atoms with E-state index >= 15 is 0 Å². The van der Waals surface area contributed by atoms with Gasteiger partial charge in [0.05, 0.1) is 24.4 Å². The van der Waals surface area contributed by atoms with E-state index in [0.717, 1.165) is 12.0 Å². The largest absolute Gasteiger partial charge is 0.493 e. The van der Waals surface area contributed by atoms with Gasteiger partial charge in [-0.3, -0.25) is 9.48 Å².